The van der Waals surface area contributed by atoms with E-state index in [0.29, 0.717) is 6.54 Å². The monoisotopic (exact) mass is 173 g/mol. The number of hydrogen-bond donors (Lipinski definition) is 3. The molecule has 12 heavy (non-hydrogen) atoms. The molecule has 0 amide bonds. The Morgan fingerprint density at radius 3 is 2.50 bits per heavy atom. The Labute approximate surface area is 73.8 Å². The first-order chi connectivity index (χ1) is 5.58. The van der Waals surface area contributed by atoms with Gasteiger partial charge in [-0.05, 0) is 20.3 Å². The van der Waals surface area contributed by atoms with Gasteiger partial charge in [-0.25, -0.2) is 0 Å². The third-order valence-corrected chi connectivity index (χ3v) is 1.89. The summed E-state index contributed by atoms with van der Waals surface area (Å²) in [5, 5.41) is 15.1. The molecule has 0 radical (unpaired) electrons. The van der Waals surface area contributed by atoms with Crippen molar-refractivity contribution in [1.82, 2.24) is 5.32 Å². The van der Waals surface area contributed by atoms with Crippen molar-refractivity contribution in [2.75, 3.05) is 13.1 Å². The van der Waals surface area contributed by atoms with Crippen molar-refractivity contribution in [3.05, 3.63) is 0 Å². The molecule has 0 saturated carbocycles. The fourth-order valence-corrected chi connectivity index (χ4v) is 1.12. The highest BCUT2D eigenvalue weighted by molar-refractivity contribution is 5.92. The number of rotatable bonds is 5. The van der Waals surface area contributed by atoms with E-state index in [1.54, 1.807) is 0 Å². The van der Waals surface area contributed by atoms with Crippen LogP contribution in [0, 0.1) is 0 Å². The minimum atomic E-state index is -0.261. The number of oxime groups is 1. The van der Waals surface area contributed by atoms with Crippen LogP contribution in [-0.4, -0.2) is 29.5 Å². The van der Waals surface area contributed by atoms with Gasteiger partial charge in [-0.15, -0.1) is 0 Å². The van der Waals surface area contributed by atoms with Crippen LogP contribution in [0.4, 0.5) is 0 Å². The molecule has 0 aliphatic rings. The Balaban J connectivity index is 4.16. The third kappa shape index (κ3) is 3.19. The Bertz CT molecular complexity index is 154. The quantitative estimate of drug-likeness (QED) is 0.323. The van der Waals surface area contributed by atoms with Gasteiger partial charge < -0.3 is 16.3 Å². The van der Waals surface area contributed by atoms with E-state index in [0.717, 1.165) is 18.7 Å². The summed E-state index contributed by atoms with van der Waals surface area (Å²) in [6, 6.07) is 0. The average Bonchev–Trinajstić information content (AvgIpc) is 2.03. The molecular formula is C8H19N3O. The number of hydrogen-bond acceptors (Lipinski definition) is 4. The van der Waals surface area contributed by atoms with Crippen molar-refractivity contribution in [3.8, 4) is 0 Å². The summed E-state index contributed by atoms with van der Waals surface area (Å²) in [5.74, 6) is 0. The summed E-state index contributed by atoms with van der Waals surface area (Å²) in [6.45, 7) is 7.22. The summed E-state index contributed by atoms with van der Waals surface area (Å²) in [5.41, 5.74) is 5.84. The van der Waals surface area contributed by atoms with Crippen molar-refractivity contribution < 1.29 is 5.21 Å². The van der Waals surface area contributed by atoms with Gasteiger partial charge in [-0.3, -0.25) is 0 Å². The zero-order valence-corrected chi connectivity index (χ0v) is 8.09. The van der Waals surface area contributed by atoms with Gasteiger partial charge in [-0.1, -0.05) is 12.1 Å². The van der Waals surface area contributed by atoms with Crippen molar-refractivity contribution >= 4 is 5.71 Å². The predicted octanol–water partition coefficient (Wildman–Crippen LogP) is 0.554. The smallest absolute Gasteiger partial charge is 0.0762 e. The maximum atomic E-state index is 8.68. The molecule has 0 aliphatic carbocycles. The van der Waals surface area contributed by atoms with Crippen molar-refractivity contribution in [3.63, 3.8) is 0 Å². The molecule has 0 spiro atoms. The third-order valence-electron chi connectivity index (χ3n) is 1.89. The van der Waals surface area contributed by atoms with Gasteiger partial charge in [0.05, 0.1) is 11.3 Å². The summed E-state index contributed by atoms with van der Waals surface area (Å²) >= 11 is 0. The van der Waals surface area contributed by atoms with Gasteiger partial charge >= 0.3 is 0 Å². The zero-order chi connectivity index (χ0) is 9.61. The topological polar surface area (TPSA) is 70.6 Å². The molecule has 4 heteroatoms. The number of nitrogens with two attached hydrogens (primary N) is 1. The minimum Gasteiger partial charge on any atom is -0.411 e. The summed E-state index contributed by atoms with van der Waals surface area (Å²) in [7, 11) is 0. The molecule has 0 bridgehead atoms. The summed E-state index contributed by atoms with van der Waals surface area (Å²) in [6.07, 6.45) is 0.737. The van der Waals surface area contributed by atoms with Crippen LogP contribution in [0.3, 0.4) is 0 Å². The van der Waals surface area contributed by atoms with E-state index in [2.05, 4.69) is 10.5 Å². The maximum Gasteiger partial charge on any atom is 0.0762 e. The van der Waals surface area contributed by atoms with E-state index in [4.69, 9.17) is 10.9 Å². The van der Waals surface area contributed by atoms with Crippen LogP contribution in [0.5, 0.6) is 0 Å². The highest BCUT2D eigenvalue weighted by Crippen LogP contribution is 2.07. The first-order valence-electron chi connectivity index (χ1n) is 4.25. The highest BCUT2D eigenvalue weighted by Gasteiger charge is 2.22. The zero-order valence-electron chi connectivity index (χ0n) is 8.09. The highest BCUT2D eigenvalue weighted by atomic mass is 16.4. The molecule has 0 aromatic carbocycles. The van der Waals surface area contributed by atoms with Gasteiger partial charge in [0, 0.05) is 13.1 Å². The van der Waals surface area contributed by atoms with Gasteiger partial charge in [0.2, 0.25) is 0 Å². The molecule has 0 unspecified atom stereocenters. The van der Waals surface area contributed by atoms with E-state index in [-0.39, 0.29) is 5.54 Å². The van der Waals surface area contributed by atoms with Crippen LogP contribution in [0.2, 0.25) is 0 Å². The molecule has 72 valence electrons. The Morgan fingerprint density at radius 2 is 2.17 bits per heavy atom. The van der Waals surface area contributed by atoms with Crippen molar-refractivity contribution in [2.24, 2.45) is 10.9 Å². The van der Waals surface area contributed by atoms with Gasteiger partial charge in [-0.2, -0.15) is 0 Å². The fourth-order valence-electron chi connectivity index (χ4n) is 1.12. The van der Waals surface area contributed by atoms with Crippen LogP contribution in [0.1, 0.15) is 27.2 Å². The normalized spacial score (nSPS) is 13.5. The maximum absolute atomic E-state index is 8.68. The Hall–Kier alpha value is -0.610. The molecule has 0 aliphatic heterocycles. The molecule has 0 heterocycles. The first-order valence-corrected chi connectivity index (χ1v) is 4.25. The van der Waals surface area contributed by atoms with E-state index in [9.17, 15) is 0 Å². The predicted molar refractivity (Wildman–Crippen MR) is 50.6 cm³/mol. The second kappa shape index (κ2) is 5.11. The van der Waals surface area contributed by atoms with Crippen LogP contribution in [0.25, 0.3) is 0 Å². The lowest BCUT2D eigenvalue weighted by Gasteiger charge is -2.26. The van der Waals surface area contributed by atoms with Crippen LogP contribution < -0.4 is 11.1 Å². The van der Waals surface area contributed by atoms with Gasteiger partial charge in [0.1, 0.15) is 0 Å². The molecule has 0 atom stereocenters. The standard InChI is InChI=1S/C8H19N3O/c1-4-7(11-12)8(2,3)10-6-5-9/h10,12H,4-6,9H2,1-3H3. The van der Waals surface area contributed by atoms with Crippen LogP contribution >= 0.6 is 0 Å². The molecule has 0 fully saturated rings. The molecule has 0 saturated heterocycles. The van der Waals surface area contributed by atoms with E-state index >= 15 is 0 Å². The van der Waals surface area contributed by atoms with Crippen molar-refractivity contribution in [2.45, 2.75) is 32.7 Å². The van der Waals surface area contributed by atoms with Crippen LogP contribution in [-0.2, 0) is 0 Å². The Morgan fingerprint density at radius 1 is 1.58 bits per heavy atom. The lowest BCUT2D eigenvalue weighted by atomic mass is 9.96. The minimum absolute atomic E-state index is 0.261. The number of nitrogens with one attached hydrogen (secondary N) is 1. The van der Waals surface area contributed by atoms with E-state index in [1.165, 1.54) is 0 Å². The summed E-state index contributed by atoms with van der Waals surface area (Å²) < 4.78 is 0. The first kappa shape index (κ1) is 11.4. The SMILES string of the molecule is CCC(=NO)C(C)(C)NCCN. The molecular weight excluding hydrogens is 154 g/mol. The number of nitrogens with zero attached hydrogens (tertiary/aromatic N) is 1. The molecule has 0 aromatic rings. The lowest BCUT2D eigenvalue weighted by Crippen LogP contribution is -2.48. The van der Waals surface area contributed by atoms with Gasteiger partial charge in [0.25, 0.3) is 0 Å². The molecule has 0 aromatic heterocycles. The largest absolute Gasteiger partial charge is 0.411 e. The average molecular weight is 173 g/mol. The van der Waals surface area contributed by atoms with E-state index in [1.807, 2.05) is 20.8 Å². The van der Waals surface area contributed by atoms with E-state index < -0.39 is 0 Å². The second-order valence-corrected chi connectivity index (χ2v) is 3.24. The Kier molecular flexibility index (Phi) is 4.85. The fraction of sp³-hybridized carbons (Fsp3) is 0.875. The van der Waals surface area contributed by atoms with Gasteiger partial charge in [0.15, 0.2) is 0 Å². The summed E-state index contributed by atoms with van der Waals surface area (Å²) in [4.78, 5) is 0. The molecule has 4 N–H and O–H groups in total. The lowest BCUT2D eigenvalue weighted by molar-refractivity contribution is 0.309. The van der Waals surface area contributed by atoms with Crippen molar-refractivity contribution in [1.29, 1.82) is 0 Å². The second-order valence-electron chi connectivity index (χ2n) is 3.24. The molecule has 0 rings (SSSR count). The van der Waals surface area contributed by atoms with Crippen LogP contribution in [0.15, 0.2) is 5.16 Å². The molecule has 4 nitrogen and oxygen atoms in total.